The molecule has 102 valence electrons. The number of halogens is 1. The summed E-state index contributed by atoms with van der Waals surface area (Å²) in [6, 6.07) is 8.18. The molecule has 0 saturated carbocycles. The van der Waals surface area contributed by atoms with Crippen LogP contribution in [0.15, 0.2) is 41.4 Å². The van der Waals surface area contributed by atoms with Gasteiger partial charge in [0.2, 0.25) is 0 Å². The predicted molar refractivity (Wildman–Crippen MR) is 75.4 cm³/mol. The van der Waals surface area contributed by atoms with Crippen LogP contribution in [0.4, 0.5) is 5.69 Å². The average molecular weight is 292 g/mol. The number of aromatic carboxylic acids is 1. The van der Waals surface area contributed by atoms with Crippen molar-refractivity contribution >= 4 is 29.5 Å². The molecule has 20 heavy (non-hydrogen) atoms. The maximum atomic E-state index is 10.9. The van der Waals surface area contributed by atoms with Gasteiger partial charge in [0.15, 0.2) is 0 Å². The van der Waals surface area contributed by atoms with Crippen molar-refractivity contribution in [3.63, 3.8) is 0 Å². The number of hydrogen-bond donors (Lipinski definition) is 3. The van der Waals surface area contributed by atoms with Gasteiger partial charge in [-0.05, 0) is 36.4 Å². The summed E-state index contributed by atoms with van der Waals surface area (Å²) < 4.78 is 0. The van der Waals surface area contributed by atoms with Gasteiger partial charge in [-0.1, -0.05) is 11.6 Å². The summed E-state index contributed by atoms with van der Waals surface area (Å²) in [6.07, 6.45) is 1.26. The predicted octanol–water partition coefficient (Wildman–Crippen LogP) is 3.20. The largest absolute Gasteiger partial charge is 0.507 e. The fraction of sp³-hybridized carbons (Fsp3) is 0. The van der Waals surface area contributed by atoms with Crippen molar-refractivity contribution in [1.82, 2.24) is 0 Å². The molecule has 0 aliphatic heterocycles. The van der Waals surface area contributed by atoms with Gasteiger partial charge in [-0.2, -0.15) is 0 Å². The molecule has 0 aromatic heterocycles. The molecule has 0 radical (unpaired) electrons. The Morgan fingerprint density at radius 3 is 2.50 bits per heavy atom. The SMILES string of the molecule is O=C(O)c1ccc(O)c(C=Nc2cc(Cl)ccc2O)c1. The van der Waals surface area contributed by atoms with Gasteiger partial charge in [-0.15, -0.1) is 0 Å². The first-order chi connectivity index (χ1) is 9.47. The number of rotatable bonds is 3. The molecule has 0 amide bonds. The molecule has 0 heterocycles. The van der Waals surface area contributed by atoms with Crippen LogP contribution in [0.3, 0.4) is 0 Å². The third-order valence-corrected chi connectivity index (χ3v) is 2.79. The molecule has 5 nitrogen and oxygen atoms in total. The van der Waals surface area contributed by atoms with E-state index in [0.29, 0.717) is 5.02 Å². The number of carboxylic acid groups (broad SMARTS) is 1. The first kappa shape index (κ1) is 13.9. The Bertz CT molecular complexity index is 698. The molecule has 2 aromatic rings. The van der Waals surface area contributed by atoms with E-state index in [1.165, 1.54) is 42.6 Å². The van der Waals surface area contributed by atoms with Crippen LogP contribution in [0.25, 0.3) is 0 Å². The van der Waals surface area contributed by atoms with Crippen molar-refractivity contribution in [3.05, 3.63) is 52.5 Å². The van der Waals surface area contributed by atoms with Crippen molar-refractivity contribution in [1.29, 1.82) is 0 Å². The number of hydrogen-bond acceptors (Lipinski definition) is 4. The smallest absolute Gasteiger partial charge is 0.335 e. The third-order valence-electron chi connectivity index (χ3n) is 2.55. The summed E-state index contributed by atoms with van der Waals surface area (Å²) in [4.78, 5) is 14.8. The first-order valence-electron chi connectivity index (χ1n) is 5.56. The van der Waals surface area contributed by atoms with E-state index in [1.54, 1.807) is 0 Å². The van der Waals surface area contributed by atoms with E-state index in [2.05, 4.69) is 4.99 Å². The molecule has 0 fully saturated rings. The first-order valence-corrected chi connectivity index (χ1v) is 5.94. The van der Waals surface area contributed by atoms with Gasteiger partial charge in [0.05, 0.1) is 5.56 Å². The van der Waals surface area contributed by atoms with Crippen LogP contribution in [0.1, 0.15) is 15.9 Å². The van der Waals surface area contributed by atoms with E-state index < -0.39 is 5.97 Å². The summed E-state index contributed by atoms with van der Waals surface area (Å²) in [5, 5.41) is 28.5. The molecule has 0 spiro atoms. The highest BCUT2D eigenvalue weighted by Gasteiger charge is 2.07. The van der Waals surface area contributed by atoms with Gasteiger partial charge in [-0.25, -0.2) is 4.79 Å². The minimum absolute atomic E-state index is 0.0274. The van der Waals surface area contributed by atoms with Crippen molar-refractivity contribution < 1.29 is 20.1 Å². The van der Waals surface area contributed by atoms with E-state index in [0.717, 1.165) is 0 Å². The highest BCUT2D eigenvalue weighted by Crippen LogP contribution is 2.29. The molecule has 0 atom stereocenters. The maximum Gasteiger partial charge on any atom is 0.335 e. The summed E-state index contributed by atoms with van der Waals surface area (Å²) in [7, 11) is 0. The number of phenols is 2. The summed E-state index contributed by atoms with van der Waals surface area (Å²) in [6.45, 7) is 0. The fourth-order valence-electron chi connectivity index (χ4n) is 1.53. The number of benzene rings is 2. The maximum absolute atomic E-state index is 10.9. The summed E-state index contributed by atoms with van der Waals surface area (Å²) in [5.41, 5.74) is 0.474. The molecule has 3 N–H and O–H groups in total. The lowest BCUT2D eigenvalue weighted by atomic mass is 10.1. The van der Waals surface area contributed by atoms with Crippen LogP contribution in [0.2, 0.25) is 5.02 Å². The van der Waals surface area contributed by atoms with Crippen molar-refractivity contribution in [2.45, 2.75) is 0 Å². The number of nitrogens with zero attached hydrogens (tertiary/aromatic N) is 1. The van der Waals surface area contributed by atoms with E-state index in [1.807, 2.05) is 0 Å². The molecular formula is C14H10ClNO4. The number of phenolic OH excluding ortho intramolecular Hbond substituents is 2. The zero-order valence-corrected chi connectivity index (χ0v) is 10.9. The van der Waals surface area contributed by atoms with E-state index >= 15 is 0 Å². The van der Waals surface area contributed by atoms with E-state index in [9.17, 15) is 15.0 Å². The summed E-state index contributed by atoms with van der Waals surface area (Å²) >= 11 is 5.78. The highest BCUT2D eigenvalue weighted by atomic mass is 35.5. The Labute approximate surface area is 119 Å². The van der Waals surface area contributed by atoms with Crippen molar-refractivity contribution in [3.8, 4) is 11.5 Å². The average Bonchev–Trinajstić information content (AvgIpc) is 2.41. The van der Waals surface area contributed by atoms with Crippen LogP contribution in [0, 0.1) is 0 Å². The molecule has 2 aromatic carbocycles. The van der Waals surface area contributed by atoms with Crippen LogP contribution < -0.4 is 0 Å². The second kappa shape index (κ2) is 5.63. The molecule has 0 aliphatic carbocycles. The molecule has 0 bridgehead atoms. The Morgan fingerprint density at radius 2 is 1.80 bits per heavy atom. The van der Waals surface area contributed by atoms with Crippen LogP contribution >= 0.6 is 11.6 Å². The Hall–Kier alpha value is -2.53. The van der Waals surface area contributed by atoms with Gasteiger partial charge in [-0.3, -0.25) is 4.99 Å². The normalized spacial score (nSPS) is 10.8. The van der Waals surface area contributed by atoms with Crippen molar-refractivity contribution in [2.24, 2.45) is 4.99 Å². The van der Waals surface area contributed by atoms with E-state index in [4.69, 9.17) is 16.7 Å². The highest BCUT2D eigenvalue weighted by molar-refractivity contribution is 6.30. The number of aliphatic imine (C=N–C) groups is 1. The van der Waals surface area contributed by atoms with Gasteiger partial charge in [0.25, 0.3) is 0 Å². The fourth-order valence-corrected chi connectivity index (χ4v) is 1.70. The Morgan fingerprint density at radius 1 is 1.10 bits per heavy atom. The second-order valence-corrected chi connectivity index (χ2v) is 4.41. The topological polar surface area (TPSA) is 90.1 Å². The Balaban J connectivity index is 2.38. The molecule has 0 aliphatic rings. The van der Waals surface area contributed by atoms with Gasteiger partial charge in [0.1, 0.15) is 17.2 Å². The quantitative estimate of drug-likeness (QED) is 0.757. The molecular weight excluding hydrogens is 282 g/mol. The summed E-state index contributed by atoms with van der Waals surface area (Å²) in [5.74, 6) is -1.29. The van der Waals surface area contributed by atoms with Gasteiger partial charge >= 0.3 is 5.97 Å². The van der Waals surface area contributed by atoms with Crippen molar-refractivity contribution in [2.75, 3.05) is 0 Å². The lowest BCUT2D eigenvalue weighted by Crippen LogP contribution is -1.97. The van der Waals surface area contributed by atoms with Crippen LogP contribution in [0.5, 0.6) is 11.5 Å². The van der Waals surface area contributed by atoms with Gasteiger partial charge in [0, 0.05) is 16.8 Å². The van der Waals surface area contributed by atoms with E-state index in [-0.39, 0.29) is 28.3 Å². The standard InChI is InChI=1S/C14H10ClNO4/c15-10-2-4-13(18)11(6-10)16-7-9-5-8(14(19)20)1-3-12(9)17/h1-7,17-18H,(H,19,20). The molecule has 2 rings (SSSR count). The Kier molecular flexibility index (Phi) is 3.91. The minimum Gasteiger partial charge on any atom is -0.507 e. The third kappa shape index (κ3) is 3.07. The lowest BCUT2D eigenvalue weighted by molar-refractivity contribution is 0.0697. The minimum atomic E-state index is -1.11. The molecule has 0 unspecified atom stereocenters. The van der Waals surface area contributed by atoms with Crippen LogP contribution in [-0.2, 0) is 0 Å². The number of carbonyl (C=O) groups is 1. The van der Waals surface area contributed by atoms with Crippen LogP contribution in [-0.4, -0.2) is 27.5 Å². The molecule has 6 heteroatoms. The zero-order chi connectivity index (χ0) is 14.7. The molecule has 0 saturated heterocycles. The van der Waals surface area contributed by atoms with Gasteiger partial charge < -0.3 is 15.3 Å². The monoisotopic (exact) mass is 291 g/mol. The number of aromatic hydroxyl groups is 2. The zero-order valence-electron chi connectivity index (χ0n) is 10.1. The lowest BCUT2D eigenvalue weighted by Gasteiger charge is -2.02. The second-order valence-electron chi connectivity index (χ2n) is 3.97. The number of carboxylic acids is 1.